The van der Waals surface area contributed by atoms with Crippen LogP contribution in [0.15, 0.2) is 35.0 Å². The van der Waals surface area contributed by atoms with E-state index in [2.05, 4.69) is 22.5 Å². The number of pyridine rings is 1. The molecule has 4 nitrogen and oxygen atoms in total. The Kier molecular flexibility index (Phi) is 5.12. The first-order chi connectivity index (χ1) is 9.70. The van der Waals surface area contributed by atoms with Crippen LogP contribution in [0, 0.1) is 0 Å². The number of hydrogen-bond acceptors (Lipinski definition) is 4. The molecule has 2 rings (SSSR count). The maximum absolute atomic E-state index is 12.2. The van der Waals surface area contributed by atoms with Crippen LogP contribution in [0.5, 0.6) is 0 Å². The van der Waals surface area contributed by atoms with Crippen LogP contribution < -0.4 is 10.6 Å². The lowest BCUT2D eigenvalue weighted by molar-refractivity contribution is 0.0935. The molecule has 0 spiro atoms. The highest BCUT2D eigenvalue weighted by atomic mass is 32.1. The van der Waals surface area contributed by atoms with E-state index >= 15 is 0 Å². The van der Waals surface area contributed by atoms with Gasteiger partial charge in [-0.25, -0.2) is 4.98 Å². The number of aromatic nitrogens is 1. The molecule has 0 saturated heterocycles. The summed E-state index contributed by atoms with van der Waals surface area (Å²) in [6.45, 7) is 4.91. The molecule has 0 fully saturated rings. The molecule has 106 valence electrons. The molecule has 0 bridgehead atoms. The van der Waals surface area contributed by atoms with Gasteiger partial charge in [-0.2, -0.15) is 11.3 Å². The summed E-state index contributed by atoms with van der Waals surface area (Å²) >= 11 is 1.63. The number of nitrogens with zero attached hydrogens (tertiary/aromatic N) is 1. The van der Waals surface area contributed by atoms with Gasteiger partial charge in [0, 0.05) is 6.54 Å². The molecule has 2 heterocycles. The Morgan fingerprint density at radius 1 is 1.40 bits per heavy atom. The van der Waals surface area contributed by atoms with Crippen molar-refractivity contribution in [2.45, 2.75) is 26.3 Å². The van der Waals surface area contributed by atoms with Crippen LogP contribution in [0.2, 0.25) is 0 Å². The Morgan fingerprint density at radius 3 is 2.95 bits per heavy atom. The molecule has 0 aliphatic rings. The van der Waals surface area contributed by atoms with Crippen molar-refractivity contribution in [3.63, 3.8) is 0 Å². The SMILES string of the molecule is CCCNc1cccc(C(=O)NC(C)c2ccsc2)n1. The molecule has 2 aromatic rings. The summed E-state index contributed by atoms with van der Waals surface area (Å²) < 4.78 is 0. The van der Waals surface area contributed by atoms with Gasteiger partial charge in [-0.15, -0.1) is 0 Å². The van der Waals surface area contributed by atoms with Crippen LogP contribution >= 0.6 is 11.3 Å². The number of carbonyl (C=O) groups excluding carboxylic acids is 1. The Labute approximate surface area is 123 Å². The van der Waals surface area contributed by atoms with E-state index in [1.807, 2.05) is 35.9 Å². The quantitative estimate of drug-likeness (QED) is 0.856. The van der Waals surface area contributed by atoms with Gasteiger partial charge in [0.25, 0.3) is 5.91 Å². The topological polar surface area (TPSA) is 54.0 Å². The van der Waals surface area contributed by atoms with Crippen molar-refractivity contribution in [3.8, 4) is 0 Å². The molecule has 0 aliphatic heterocycles. The van der Waals surface area contributed by atoms with Crippen molar-refractivity contribution >= 4 is 23.1 Å². The van der Waals surface area contributed by atoms with Crippen LogP contribution in [-0.4, -0.2) is 17.4 Å². The van der Waals surface area contributed by atoms with Gasteiger partial charge in [0.05, 0.1) is 6.04 Å². The van der Waals surface area contributed by atoms with E-state index in [1.165, 1.54) is 0 Å². The zero-order chi connectivity index (χ0) is 14.4. The second kappa shape index (κ2) is 7.05. The van der Waals surface area contributed by atoms with Gasteiger partial charge in [0.15, 0.2) is 0 Å². The Morgan fingerprint density at radius 2 is 2.25 bits per heavy atom. The van der Waals surface area contributed by atoms with E-state index in [1.54, 1.807) is 17.4 Å². The summed E-state index contributed by atoms with van der Waals surface area (Å²) in [5.74, 6) is 0.589. The van der Waals surface area contributed by atoms with Gasteiger partial charge in [-0.05, 0) is 47.9 Å². The molecular weight excluding hydrogens is 270 g/mol. The van der Waals surface area contributed by atoms with Gasteiger partial charge in [0.1, 0.15) is 11.5 Å². The molecule has 1 atom stereocenters. The molecule has 0 radical (unpaired) electrons. The Hall–Kier alpha value is -1.88. The van der Waals surface area contributed by atoms with Gasteiger partial charge in [0.2, 0.25) is 0 Å². The Balaban J connectivity index is 2.01. The minimum atomic E-state index is -0.149. The molecule has 0 saturated carbocycles. The third-order valence-electron chi connectivity index (χ3n) is 2.93. The van der Waals surface area contributed by atoms with Gasteiger partial charge in [-0.1, -0.05) is 13.0 Å². The predicted octanol–water partition coefficient (Wildman–Crippen LogP) is 3.46. The van der Waals surface area contributed by atoms with E-state index in [-0.39, 0.29) is 11.9 Å². The fourth-order valence-electron chi connectivity index (χ4n) is 1.79. The monoisotopic (exact) mass is 289 g/mol. The van der Waals surface area contributed by atoms with E-state index in [9.17, 15) is 4.79 Å². The lowest BCUT2D eigenvalue weighted by Crippen LogP contribution is -2.27. The predicted molar refractivity (Wildman–Crippen MR) is 83.2 cm³/mol. The number of rotatable bonds is 6. The van der Waals surface area contributed by atoms with Crippen LogP contribution in [0.4, 0.5) is 5.82 Å². The molecule has 0 aromatic carbocycles. The van der Waals surface area contributed by atoms with Crippen molar-refractivity contribution in [2.24, 2.45) is 0 Å². The fourth-order valence-corrected chi connectivity index (χ4v) is 2.54. The molecule has 1 unspecified atom stereocenters. The molecule has 2 N–H and O–H groups in total. The minimum absolute atomic E-state index is 0.0113. The average molecular weight is 289 g/mol. The van der Waals surface area contributed by atoms with Gasteiger partial charge in [-0.3, -0.25) is 4.79 Å². The van der Waals surface area contributed by atoms with Crippen LogP contribution in [-0.2, 0) is 0 Å². The van der Waals surface area contributed by atoms with Crippen molar-refractivity contribution in [1.29, 1.82) is 0 Å². The van der Waals surface area contributed by atoms with Crippen LogP contribution in [0.1, 0.15) is 42.4 Å². The third kappa shape index (κ3) is 3.81. The highest BCUT2D eigenvalue weighted by Crippen LogP contribution is 2.16. The summed E-state index contributed by atoms with van der Waals surface area (Å²) in [7, 11) is 0. The van der Waals surface area contributed by atoms with E-state index < -0.39 is 0 Å². The first-order valence-corrected chi connectivity index (χ1v) is 7.69. The zero-order valence-corrected chi connectivity index (χ0v) is 12.5. The number of amides is 1. The van der Waals surface area contributed by atoms with Crippen molar-refractivity contribution in [3.05, 3.63) is 46.3 Å². The molecular formula is C15H19N3OS. The van der Waals surface area contributed by atoms with E-state index in [4.69, 9.17) is 0 Å². The van der Waals surface area contributed by atoms with Crippen LogP contribution in [0.25, 0.3) is 0 Å². The third-order valence-corrected chi connectivity index (χ3v) is 3.63. The number of nitrogens with one attached hydrogen (secondary N) is 2. The van der Waals surface area contributed by atoms with Gasteiger partial charge >= 0.3 is 0 Å². The summed E-state index contributed by atoms with van der Waals surface area (Å²) in [5.41, 5.74) is 1.55. The maximum Gasteiger partial charge on any atom is 0.270 e. The van der Waals surface area contributed by atoms with Crippen molar-refractivity contribution in [2.75, 3.05) is 11.9 Å². The molecule has 0 aliphatic carbocycles. The normalized spacial score (nSPS) is 11.9. The fraction of sp³-hybridized carbons (Fsp3) is 0.333. The zero-order valence-electron chi connectivity index (χ0n) is 11.7. The average Bonchev–Trinajstić information content (AvgIpc) is 2.99. The minimum Gasteiger partial charge on any atom is -0.370 e. The summed E-state index contributed by atoms with van der Waals surface area (Å²) in [6.07, 6.45) is 1.02. The second-order valence-electron chi connectivity index (χ2n) is 4.59. The smallest absolute Gasteiger partial charge is 0.270 e. The molecule has 5 heteroatoms. The molecule has 20 heavy (non-hydrogen) atoms. The maximum atomic E-state index is 12.2. The van der Waals surface area contributed by atoms with Crippen molar-refractivity contribution in [1.82, 2.24) is 10.3 Å². The first-order valence-electron chi connectivity index (χ1n) is 6.74. The van der Waals surface area contributed by atoms with E-state index in [0.717, 1.165) is 24.3 Å². The van der Waals surface area contributed by atoms with Gasteiger partial charge < -0.3 is 10.6 Å². The summed E-state index contributed by atoms with van der Waals surface area (Å²) in [6, 6.07) is 7.45. The van der Waals surface area contributed by atoms with Crippen molar-refractivity contribution < 1.29 is 4.79 Å². The molecule has 2 aromatic heterocycles. The second-order valence-corrected chi connectivity index (χ2v) is 5.37. The number of carbonyl (C=O) groups is 1. The Bertz CT molecular complexity index is 554. The highest BCUT2D eigenvalue weighted by molar-refractivity contribution is 7.07. The van der Waals surface area contributed by atoms with Crippen LogP contribution in [0.3, 0.4) is 0 Å². The standard InChI is InChI=1S/C15H19N3OS/c1-3-8-16-14-6-4-5-13(18-14)15(19)17-11(2)12-7-9-20-10-12/h4-7,9-11H,3,8H2,1-2H3,(H,16,18)(H,17,19). The largest absolute Gasteiger partial charge is 0.370 e. The summed E-state index contributed by atoms with van der Waals surface area (Å²) in [5, 5.41) is 10.2. The number of hydrogen-bond donors (Lipinski definition) is 2. The van der Waals surface area contributed by atoms with E-state index in [0.29, 0.717) is 5.69 Å². The highest BCUT2D eigenvalue weighted by Gasteiger charge is 2.13. The lowest BCUT2D eigenvalue weighted by Gasteiger charge is -2.12. The lowest BCUT2D eigenvalue weighted by atomic mass is 10.2. The number of thiophene rings is 1. The first kappa shape index (κ1) is 14.5. The number of anilines is 1. The summed E-state index contributed by atoms with van der Waals surface area (Å²) in [4.78, 5) is 16.5. The molecule has 1 amide bonds.